The molecule has 2 rings (SSSR count). The number of aromatic nitrogens is 1. The van der Waals surface area contributed by atoms with Crippen molar-refractivity contribution in [2.75, 3.05) is 0 Å². The minimum Gasteiger partial charge on any atom is -0.264 e. The Morgan fingerprint density at radius 1 is 1.57 bits per heavy atom. The summed E-state index contributed by atoms with van der Waals surface area (Å²) in [5.41, 5.74) is 2.81. The van der Waals surface area contributed by atoms with Crippen LogP contribution in [0, 0.1) is 0 Å². The predicted octanol–water partition coefficient (Wildman–Crippen LogP) is 0.889. The van der Waals surface area contributed by atoms with Crippen LogP contribution in [0.5, 0.6) is 0 Å². The predicted molar refractivity (Wildman–Crippen MR) is 57.3 cm³/mol. The fraction of sp³-hybridized carbons (Fsp3) is 0.500. The van der Waals surface area contributed by atoms with Crippen LogP contribution < -0.4 is 4.99 Å². The molecule has 2 atom stereocenters. The van der Waals surface area contributed by atoms with E-state index >= 15 is 0 Å². The quantitative estimate of drug-likeness (QED) is 0.735. The van der Waals surface area contributed by atoms with Crippen molar-refractivity contribution in [1.29, 1.82) is 0 Å². The summed E-state index contributed by atoms with van der Waals surface area (Å²) in [6.07, 6.45) is 6.14. The summed E-state index contributed by atoms with van der Waals surface area (Å²) in [5, 5.41) is 0. The Labute approximate surface area is 85.1 Å². The average Bonchev–Trinajstić information content (AvgIpc) is 2.61. The molecule has 0 saturated heterocycles. The summed E-state index contributed by atoms with van der Waals surface area (Å²) in [6, 6.07) is 4.80. The first-order valence-electron chi connectivity index (χ1n) is 5.33. The Balaban J connectivity index is 2.25. The highest BCUT2D eigenvalue weighted by atomic mass is 14.8. The molecule has 2 heterocycles. The van der Waals surface area contributed by atoms with Gasteiger partial charge in [-0.15, -0.1) is 0 Å². The van der Waals surface area contributed by atoms with Gasteiger partial charge in [-0.2, -0.15) is 0 Å². The van der Waals surface area contributed by atoms with Crippen LogP contribution in [0.15, 0.2) is 24.5 Å². The van der Waals surface area contributed by atoms with E-state index in [4.69, 9.17) is 0 Å². The summed E-state index contributed by atoms with van der Waals surface area (Å²) >= 11 is 0. The minimum absolute atomic E-state index is 0.573. The lowest BCUT2D eigenvalue weighted by Gasteiger charge is -2.07. The van der Waals surface area contributed by atoms with Gasteiger partial charge < -0.3 is 0 Å². The number of nitrogens with zero attached hydrogens (tertiary/aromatic N) is 1. The Morgan fingerprint density at radius 3 is 3.07 bits per heavy atom. The minimum atomic E-state index is 0.573. The van der Waals surface area contributed by atoms with Gasteiger partial charge in [0.15, 0.2) is 5.71 Å². The molecule has 2 nitrogen and oxygen atoms in total. The van der Waals surface area contributed by atoms with Gasteiger partial charge in [0.25, 0.3) is 0 Å². The SMILES string of the molecule is CCC1=[NH+][C@H](C)C[C@@H]1c1cccnc1. The Kier molecular flexibility index (Phi) is 2.62. The van der Waals surface area contributed by atoms with Gasteiger partial charge in [-0.3, -0.25) is 4.98 Å². The second-order valence-electron chi connectivity index (χ2n) is 4.00. The topological polar surface area (TPSA) is 26.9 Å². The van der Waals surface area contributed by atoms with Crippen LogP contribution in [0.2, 0.25) is 0 Å². The molecule has 0 radical (unpaired) electrons. The maximum Gasteiger partial charge on any atom is 0.158 e. The number of hydrogen-bond donors (Lipinski definition) is 1. The van der Waals surface area contributed by atoms with E-state index in [9.17, 15) is 0 Å². The van der Waals surface area contributed by atoms with Crippen molar-refractivity contribution in [3.63, 3.8) is 0 Å². The van der Waals surface area contributed by atoms with Gasteiger partial charge in [-0.25, -0.2) is 4.99 Å². The molecular weight excluding hydrogens is 172 g/mol. The lowest BCUT2D eigenvalue weighted by Crippen LogP contribution is -2.75. The molecule has 1 aliphatic heterocycles. The van der Waals surface area contributed by atoms with Gasteiger partial charge in [0.05, 0.1) is 5.92 Å². The molecule has 74 valence electrons. The summed E-state index contributed by atoms with van der Waals surface area (Å²) in [4.78, 5) is 7.72. The molecule has 0 saturated carbocycles. The summed E-state index contributed by atoms with van der Waals surface area (Å²) in [5.74, 6) is 0.573. The highest BCUT2D eigenvalue weighted by Crippen LogP contribution is 2.23. The van der Waals surface area contributed by atoms with Crippen LogP contribution in [-0.2, 0) is 0 Å². The van der Waals surface area contributed by atoms with Gasteiger partial charge >= 0.3 is 0 Å². The normalized spacial score (nSPS) is 26.3. The molecular formula is C12H17N2+. The maximum atomic E-state index is 4.18. The number of hydrogen-bond acceptors (Lipinski definition) is 1. The van der Waals surface area contributed by atoms with Crippen molar-refractivity contribution in [3.05, 3.63) is 30.1 Å². The van der Waals surface area contributed by atoms with Crippen molar-refractivity contribution in [1.82, 2.24) is 4.98 Å². The third-order valence-corrected chi connectivity index (χ3v) is 2.91. The van der Waals surface area contributed by atoms with E-state index in [-0.39, 0.29) is 0 Å². The van der Waals surface area contributed by atoms with Gasteiger partial charge in [0.2, 0.25) is 0 Å². The van der Waals surface area contributed by atoms with Gasteiger partial charge in [-0.05, 0) is 18.6 Å². The van der Waals surface area contributed by atoms with Crippen LogP contribution >= 0.6 is 0 Å². The molecule has 14 heavy (non-hydrogen) atoms. The second-order valence-corrected chi connectivity index (χ2v) is 4.00. The molecule has 1 aromatic heterocycles. The number of rotatable bonds is 2. The average molecular weight is 189 g/mol. The van der Waals surface area contributed by atoms with Crippen molar-refractivity contribution in [2.45, 2.75) is 38.6 Å². The van der Waals surface area contributed by atoms with E-state index < -0.39 is 0 Å². The molecule has 0 fully saturated rings. The zero-order chi connectivity index (χ0) is 9.97. The molecule has 0 aromatic carbocycles. The van der Waals surface area contributed by atoms with Crippen LogP contribution in [0.1, 0.15) is 38.2 Å². The molecule has 2 heteroatoms. The molecule has 0 spiro atoms. The van der Waals surface area contributed by atoms with Crippen LogP contribution in [0.4, 0.5) is 0 Å². The first-order chi connectivity index (χ1) is 6.81. The molecule has 0 bridgehead atoms. The van der Waals surface area contributed by atoms with E-state index in [2.05, 4.69) is 29.9 Å². The van der Waals surface area contributed by atoms with E-state index in [1.54, 1.807) is 0 Å². The Morgan fingerprint density at radius 2 is 2.43 bits per heavy atom. The lowest BCUT2D eigenvalue weighted by molar-refractivity contribution is -0.489. The monoisotopic (exact) mass is 189 g/mol. The fourth-order valence-corrected chi connectivity index (χ4v) is 2.24. The Bertz CT molecular complexity index is 329. The molecule has 1 aromatic rings. The van der Waals surface area contributed by atoms with Crippen LogP contribution in [-0.4, -0.2) is 16.7 Å². The van der Waals surface area contributed by atoms with Gasteiger partial charge in [0, 0.05) is 25.2 Å². The molecule has 1 aliphatic rings. The van der Waals surface area contributed by atoms with Crippen molar-refractivity contribution >= 4 is 5.71 Å². The van der Waals surface area contributed by atoms with E-state index in [0.29, 0.717) is 12.0 Å². The van der Waals surface area contributed by atoms with Crippen LogP contribution in [0.25, 0.3) is 0 Å². The molecule has 0 unspecified atom stereocenters. The van der Waals surface area contributed by atoms with E-state index in [1.165, 1.54) is 17.7 Å². The fourth-order valence-electron chi connectivity index (χ4n) is 2.24. The second kappa shape index (κ2) is 3.91. The van der Waals surface area contributed by atoms with Crippen molar-refractivity contribution in [2.24, 2.45) is 0 Å². The summed E-state index contributed by atoms with van der Waals surface area (Å²) < 4.78 is 0. The Hall–Kier alpha value is -1.18. The number of nitrogens with one attached hydrogen (secondary N) is 1. The molecule has 0 amide bonds. The third-order valence-electron chi connectivity index (χ3n) is 2.91. The summed E-state index contributed by atoms with van der Waals surface area (Å²) in [6.45, 7) is 4.45. The van der Waals surface area contributed by atoms with Gasteiger partial charge in [-0.1, -0.05) is 13.0 Å². The van der Waals surface area contributed by atoms with E-state index in [1.807, 2.05) is 18.5 Å². The molecule has 0 aliphatic carbocycles. The molecule has 1 N–H and O–H groups in total. The largest absolute Gasteiger partial charge is 0.264 e. The van der Waals surface area contributed by atoms with Crippen molar-refractivity contribution in [3.8, 4) is 0 Å². The summed E-state index contributed by atoms with van der Waals surface area (Å²) in [7, 11) is 0. The maximum absolute atomic E-state index is 4.18. The first kappa shape index (κ1) is 9.38. The van der Waals surface area contributed by atoms with Crippen molar-refractivity contribution < 1.29 is 4.99 Å². The standard InChI is InChI=1S/C12H16N2/c1-3-12-11(7-9(2)14-12)10-5-4-6-13-8-10/h4-6,8-9,11H,3,7H2,1-2H3/p+1/t9-,11-/m1/s1. The number of pyridine rings is 1. The lowest BCUT2D eigenvalue weighted by atomic mass is 9.92. The highest BCUT2D eigenvalue weighted by molar-refractivity contribution is 5.86. The van der Waals surface area contributed by atoms with Crippen LogP contribution in [0.3, 0.4) is 0 Å². The first-order valence-corrected chi connectivity index (χ1v) is 5.33. The zero-order valence-corrected chi connectivity index (χ0v) is 8.83. The highest BCUT2D eigenvalue weighted by Gasteiger charge is 2.31. The third kappa shape index (κ3) is 1.69. The van der Waals surface area contributed by atoms with E-state index in [0.717, 1.165) is 6.42 Å². The zero-order valence-electron chi connectivity index (χ0n) is 8.83. The smallest absolute Gasteiger partial charge is 0.158 e. The van der Waals surface area contributed by atoms with Gasteiger partial charge in [0.1, 0.15) is 6.04 Å².